The molecule has 0 aliphatic heterocycles. The molecule has 3 heteroatoms. The Morgan fingerprint density at radius 2 is 2.06 bits per heavy atom. The summed E-state index contributed by atoms with van der Waals surface area (Å²) in [6, 6.07) is 5.65. The highest BCUT2D eigenvalue weighted by Crippen LogP contribution is 2.40. The van der Waals surface area contributed by atoms with Crippen molar-refractivity contribution in [1.82, 2.24) is 0 Å². The monoisotopic (exact) mass is 272 g/mol. The first-order chi connectivity index (χ1) is 8.20. The van der Waals surface area contributed by atoms with Crippen LogP contribution in [0.2, 0.25) is 5.02 Å². The number of ether oxygens (including phenoxy) is 1. The van der Waals surface area contributed by atoms with Gasteiger partial charge in [-0.25, -0.2) is 0 Å². The maximum absolute atomic E-state index is 6.50. The van der Waals surface area contributed by atoms with Crippen molar-refractivity contribution in [2.45, 2.75) is 37.5 Å². The number of benzene rings is 1. The van der Waals surface area contributed by atoms with Gasteiger partial charge in [0.25, 0.3) is 0 Å². The Hall–Kier alpha value is -0.400. The molecule has 1 fully saturated rings. The summed E-state index contributed by atoms with van der Waals surface area (Å²) in [6.07, 6.45) is 6.35. The molecule has 0 saturated heterocycles. The number of methoxy groups -OCH3 is 1. The second kappa shape index (κ2) is 5.97. The van der Waals surface area contributed by atoms with Crippen LogP contribution in [0, 0.1) is 5.92 Å². The first-order valence-electron chi connectivity index (χ1n) is 6.18. The van der Waals surface area contributed by atoms with E-state index in [9.17, 15) is 0 Å². The SMILES string of the molecule is COc1ccc(Cl)cc1C(Cl)CC1CCCC1. The standard InChI is InChI=1S/C14H18Cl2O/c1-17-14-7-6-11(15)9-12(14)13(16)8-10-4-2-3-5-10/h6-7,9-10,13H,2-5,8H2,1H3. The van der Waals surface area contributed by atoms with Gasteiger partial charge >= 0.3 is 0 Å². The molecule has 1 aromatic carbocycles. The van der Waals surface area contributed by atoms with E-state index in [1.807, 2.05) is 18.2 Å². The minimum atomic E-state index is 0.00625. The van der Waals surface area contributed by atoms with Crippen molar-refractivity contribution in [2.75, 3.05) is 7.11 Å². The fourth-order valence-electron chi connectivity index (χ4n) is 2.62. The Kier molecular flexibility index (Phi) is 4.58. The fraction of sp³-hybridized carbons (Fsp3) is 0.571. The highest BCUT2D eigenvalue weighted by molar-refractivity contribution is 6.31. The van der Waals surface area contributed by atoms with E-state index in [1.165, 1.54) is 25.7 Å². The zero-order chi connectivity index (χ0) is 12.3. The second-order valence-corrected chi connectivity index (χ2v) is 5.70. The second-order valence-electron chi connectivity index (χ2n) is 4.74. The fourth-order valence-corrected chi connectivity index (χ4v) is 3.22. The summed E-state index contributed by atoms with van der Waals surface area (Å²) in [5, 5.41) is 0.727. The van der Waals surface area contributed by atoms with Gasteiger partial charge in [-0.2, -0.15) is 0 Å². The van der Waals surface area contributed by atoms with Crippen LogP contribution in [0.4, 0.5) is 0 Å². The van der Waals surface area contributed by atoms with Crippen molar-refractivity contribution in [1.29, 1.82) is 0 Å². The molecule has 0 spiro atoms. The first-order valence-corrected chi connectivity index (χ1v) is 6.99. The van der Waals surface area contributed by atoms with Crippen LogP contribution < -0.4 is 4.74 Å². The van der Waals surface area contributed by atoms with Crippen molar-refractivity contribution in [2.24, 2.45) is 5.92 Å². The average Bonchev–Trinajstić information content (AvgIpc) is 2.81. The molecule has 94 valence electrons. The summed E-state index contributed by atoms with van der Waals surface area (Å²) in [4.78, 5) is 0. The topological polar surface area (TPSA) is 9.23 Å². The van der Waals surface area contributed by atoms with Crippen molar-refractivity contribution < 1.29 is 4.74 Å². The summed E-state index contributed by atoms with van der Waals surface area (Å²) < 4.78 is 5.34. The first kappa shape index (κ1) is 13.0. The summed E-state index contributed by atoms with van der Waals surface area (Å²) in [7, 11) is 1.67. The number of hydrogen-bond acceptors (Lipinski definition) is 1. The van der Waals surface area contributed by atoms with Gasteiger partial charge in [-0.1, -0.05) is 37.3 Å². The lowest BCUT2D eigenvalue weighted by Crippen LogP contribution is -2.01. The van der Waals surface area contributed by atoms with E-state index in [0.717, 1.165) is 28.7 Å². The van der Waals surface area contributed by atoms with Crippen LogP contribution in [-0.2, 0) is 0 Å². The molecule has 1 saturated carbocycles. The molecule has 17 heavy (non-hydrogen) atoms. The molecular formula is C14H18Cl2O. The van der Waals surface area contributed by atoms with E-state index in [2.05, 4.69) is 0 Å². The van der Waals surface area contributed by atoms with E-state index in [1.54, 1.807) is 7.11 Å². The molecule has 1 aromatic rings. The normalized spacial score (nSPS) is 18.3. The molecule has 1 aliphatic rings. The summed E-state index contributed by atoms with van der Waals surface area (Å²) in [5.74, 6) is 1.61. The zero-order valence-corrected chi connectivity index (χ0v) is 11.6. The number of alkyl halides is 1. The molecule has 0 bridgehead atoms. The number of halogens is 2. The molecular weight excluding hydrogens is 255 g/mol. The van der Waals surface area contributed by atoms with Gasteiger partial charge in [0.1, 0.15) is 5.75 Å². The van der Waals surface area contributed by atoms with Crippen LogP contribution in [-0.4, -0.2) is 7.11 Å². The average molecular weight is 273 g/mol. The third kappa shape index (κ3) is 3.29. The minimum absolute atomic E-state index is 0.00625. The van der Waals surface area contributed by atoms with E-state index in [0.29, 0.717) is 0 Å². The zero-order valence-electron chi connectivity index (χ0n) is 10.1. The van der Waals surface area contributed by atoms with E-state index in [4.69, 9.17) is 27.9 Å². The number of rotatable bonds is 4. The minimum Gasteiger partial charge on any atom is -0.496 e. The third-order valence-electron chi connectivity index (χ3n) is 3.54. The lowest BCUT2D eigenvalue weighted by atomic mass is 9.97. The summed E-state index contributed by atoms with van der Waals surface area (Å²) >= 11 is 12.5. The molecule has 1 unspecified atom stereocenters. The van der Waals surface area contributed by atoms with Gasteiger partial charge in [0.15, 0.2) is 0 Å². The predicted octanol–water partition coefficient (Wildman–Crippen LogP) is 5.21. The molecule has 1 nitrogen and oxygen atoms in total. The van der Waals surface area contributed by atoms with E-state index < -0.39 is 0 Å². The molecule has 0 amide bonds. The summed E-state index contributed by atoms with van der Waals surface area (Å²) in [6.45, 7) is 0. The molecule has 0 heterocycles. The third-order valence-corrected chi connectivity index (χ3v) is 4.19. The van der Waals surface area contributed by atoms with Gasteiger partial charge in [0.2, 0.25) is 0 Å². The maximum Gasteiger partial charge on any atom is 0.123 e. The van der Waals surface area contributed by atoms with Crippen LogP contribution in [0.25, 0.3) is 0 Å². The predicted molar refractivity (Wildman–Crippen MR) is 73.2 cm³/mol. The largest absolute Gasteiger partial charge is 0.496 e. The highest BCUT2D eigenvalue weighted by Gasteiger charge is 2.22. The van der Waals surface area contributed by atoms with Crippen LogP contribution in [0.15, 0.2) is 18.2 Å². The van der Waals surface area contributed by atoms with Gasteiger partial charge in [0, 0.05) is 10.6 Å². The van der Waals surface area contributed by atoms with Crippen molar-refractivity contribution in [3.63, 3.8) is 0 Å². The Morgan fingerprint density at radius 1 is 1.35 bits per heavy atom. The Labute approximate surface area is 113 Å². The highest BCUT2D eigenvalue weighted by atomic mass is 35.5. The van der Waals surface area contributed by atoms with Crippen molar-refractivity contribution in [3.05, 3.63) is 28.8 Å². The van der Waals surface area contributed by atoms with Gasteiger partial charge in [-0.05, 0) is 30.5 Å². The smallest absolute Gasteiger partial charge is 0.123 e. The van der Waals surface area contributed by atoms with Gasteiger partial charge < -0.3 is 4.74 Å². The maximum atomic E-state index is 6.50. The van der Waals surface area contributed by atoms with E-state index in [-0.39, 0.29) is 5.38 Å². The van der Waals surface area contributed by atoms with Crippen LogP contribution >= 0.6 is 23.2 Å². The Balaban J connectivity index is 2.11. The van der Waals surface area contributed by atoms with Crippen molar-refractivity contribution in [3.8, 4) is 5.75 Å². The molecule has 0 N–H and O–H groups in total. The Bertz CT molecular complexity index is 372. The molecule has 0 aromatic heterocycles. The van der Waals surface area contributed by atoms with Gasteiger partial charge in [-0.3, -0.25) is 0 Å². The van der Waals surface area contributed by atoms with Gasteiger partial charge in [-0.15, -0.1) is 11.6 Å². The molecule has 1 atom stereocenters. The summed E-state index contributed by atoms with van der Waals surface area (Å²) in [5.41, 5.74) is 1.02. The number of hydrogen-bond donors (Lipinski definition) is 0. The van der Waals surface area contributed by atoms with Gasteiger partial charge in [0.05, 0.1) is 12.5 Å². The lowest BCUT2D eigenvalue weighted by Gasteiger charge is -2.17. The molecule has 2 rings (SSSR count). The quantitative estimate of drug-likeness (QED) is 0.684. The van der Waals surface area contributed by atoms with Crippen LogP contribution in [0.1, 0.15) is 43.0 Å². The Morgan fingerprint density at radius 3 is 2.71 bits per heavy atom. The van der Waals surface area contributed by atoms with Crippen molar-refractivity contribution >= 4 is 23.2 Å². The lowest BCUT2D eigenvalue weighted by molar-refractivity contribution is 0.404. The van der Waals surface area contributed by atoms with Crippen LogP contribution in [0.5, 0.6) is 5.75 Å². The molecule has 0 radical (unpaired) electrons. The van der Waals surface area contributed by atoms with E-state index >= 15 is 0 Å². The van der Waals surface area contributed by atoms with Crippen LogP contribution in [0.3, 0.4) is 0 Å². The molecule has 1 aliphatic carbocycles.